The number of hydrogen-bond acceptors (Lipinski definition) is 4. The number of allylic oxidation sites excluding steroid dienone is 2. The van der Waals surface area contributed by atoms with Crippen LogP contribution in [-0.2, 0) is 15.1 Å². The third kappa shape index (κ3) is 3.02. The fourth-order valence-corrected chi connectivity index (χ4v) is 5.11. The van der Waals surface area contributed by atoms with Crippen molar-refractivity contribution >= 4 is 17.4 Å². The van der Waals surface area contributed by atoms with Crippen molar-refractivity contribution in [2.75, 3.05) is 26.7 Å². The van der Waals surface area contributed by atoms with Crippen LogP contribution >= 0.6 is 0 Å². The van der Waals surface area contributed by atoms with Gasteiger partial charge in [0.2, 0.25) is 5.91 Å². The van der Waals surface area contributed by atoms with Gasteiger partial charge in [-0.05, 0) is 56.9 Å². The van der Waals surface area contributed by atoms with Gasteiger partial charge in [0, 0.05) is 31.5 Å². The number of likely N-dealkylation sites (tertiary alicyclic amines) is 1. The number of amidine groups is 1. The highest BCUT2D eigenvalue weighted by molar-refractivity contribution is 6.19. The molecule has 152 valence electrons. The lowest BCUT2D eigenvalue weighted by atomic mass is 9.81. The largest absolute Gasteiger partial charge is 0.497 e. The van der Waals surface area contributed by atoms with Crippen LogP contribution in [-0.4, -0.2) is 48.0 Å². The van der Waals surface area contributed by atoms with E-state index in [4.69, 9.17) is 9.73 Å². The van der Waals surface area contributed by atoms with Crippen molar-refractivity contribution in [1.29, 1.82) is 0 Å². The number of fused-ring (bicyclic) bond motifs is 4. The lowest BCUT2D eigenvalue weighted by Gasteiger charge is -2.47. The SMILES string of the molecule is COC1=CC(C(=O)N2CCC3(CC2)NC2=NCCC=C2n2cccc23)CC(C)=C1. The fourth-order valence-electron chi connectivity index (χ4n) is 5.11. The van der Waals surface area contributed by atoms with Crippen molar-refractivity contribution in [3.05, 3.63) is 53.6 Å². The molecule has 0 bridgehead atoms. The second kappa shape index (κ2) is 6.94. The summed E-state index contributed by atoms with van der Waals surface area (Å²) in [6, 6.07) is 4.32. The molecule has 6 heteroatoms. The van der Waals surface area contributed by atoms with E-state index in [1.807, 2.05) is 17.1 Å². The summed E-state index contributed by atoms with van der Waals surface area (Å²) < 4.78 is 7.67. The second-order valence-electron chi connectivity index (χ2n) is 8.48. The van der Waals surface area contributed by atoms with Crippen LogP contribution in [0.4, 0.5) is 0 Å². The minimum atomic E-state index is -0.149. The molecule has 1 fully saturated rings. The monoisotopic (exact) mass is 392 g/mol. The minimum absolute atomic E-state index is 0.121. The Morgan fingerprint density at radius 2 is 2.17 bits per heavy atom. The number of amides is 1. The Morgan fingerprint density at radius 3 is 2.97 bits per heavy atom. The zero-order valence-corrected chi connectivity index (χ0v) is 17.1. The number of nitrogens with zero attached hydrogens (tertiary/aromatic N) is 3. The number of rotatable bonds is 2. The van der Waals surface area contributed by atoms with E-state index >= 15 is 0 Å². The summed E-state index contributed by atoms with van der Waals surface area (Å²) in [5.74, 6) is 1.88. The molecular weight excluding hydrogens is 364 g/mol. The van der Waals surface area contributed by atoms with Gasteiger partial charge in [0.15, 0.2) is 0 Å². The average Bonchev–Trinajstić information content (AvgIpc) is 3.25. The number of carbonyl (C=O) groups is 1. The van der Waals surface area contributed by atoms with Gasteiger partial charge in [0.1, 0.15) is 11.6 Å². The van der Waals surface area contributed by atoms with Gasteiger partial charge in [-0.2, -0.15) is 0 Å². The Bertz CT molecular complexity index is 957. The van der Waals surface area contributed by atoms with Crippen LogP contribution in [0.15, 0.2) is 52.9 Å². The van der Waals surface area contributed by atoms with Crippen LogP contribution in [0, 0.1) is 5.92 Å². The quantitative estimate of drug-likeness (QED) is 0.842. The third-order valence-electron chi connectivity index (χ3n) is 6.61. The minimum Gasteiger partial charge on any atom is -0.497 e. The molecule has 6 nitrogen and oxygen atoms in total. The molecule has 1 aliphatic carbocycles. The fraction of sp³-hybridized carbons (Fsp3) is 0.478. The molecule has 1 spiro atoms. The van der Waals surface area contributed by atoms with E-state index in [0.29, 0.717) is 0 Å². The first-order valence-corrected chi connectivity index (χ1v) is 10.5. The van der Waals surface area contributed by atoms with Gasteiger partial charge in [-0.25, -0.2) is 0 Å². The highest BCUT2D eigenvalue weighted by Gasteiger charge is 2.44. The van der Waals surface area contributed by atoms with E-state index in [1.54, 1.807) is 7.11 Å². The zero-order valence-electron chi connectivity index (χ0n) is 17.1. The van der Waals surface area contributed by atoms with Crippen molar-refractivity contribution in [2.24, 2.45) is 10.9 Å². The van der Waals surface area contributed by atoms with Gasteiger partial charge < -0.3 is 19.5 Å². The molecule has 1 N–H and O–H groups in total. The highest BCUT2D eigenvalue weighted by atomic mass is 16.5. The second-order valence-corrected chi connectivity index (χ2v) is 8.48. The maximum absolute atomic E-state index is 13.2. The first-order valence-electron chi connectivity index (χ1n) is 10.5. The predicted octanol–water partition coefficient (Wildman–Crippen LogP) is 3.05. The van der Waals surface area contributed by atoms with Gasteiger partial charge in [0.05, 0.1) is 24.3 Å². The number of nitrogens with one attached hydrogen (secondary N) is 1. The smallest absolute Gasteiger partial charge is 0.229 e. The van der Waals surface area contributed by atoms with Gasteiger partial charge >= 0.3 is 0 Å². The summed E-state index contributed by atoms with van der Waals surface area (Å²) in [7, 11) is 1.66. The van der Waals surface area contributed by atoms with Crippen LogP contribution in [0.25, 0.3) is 5.70 Å². The molecule has 29 heavy (non-hydrogen) atoms. The first kappa shape index (κ1) is 18.3. The standard InChI is InChI=1S/C23H28N4O2/c1-16-13-17(15-18(14-16)29-2)22(28)26-11-7-23(8-12-26)20-6-4-10-27(20)19-5-3-9-24-21(19)25-23/h4-6,10,14-15,17H,3,7-9,11-13H2,1-2H3,(H,24,25). The normalized spacial score (nSPS) is 25.0. The zero-order chi connectivity index (χ0) is 20.0. The molecular formula is C23H28N4O2. The summed E-state index contributed by atoms with van der Waals surface area (Å²) in [5, 5.41) is 3.76. The molecule has 0 aromatic carbocycles. The van der Waals surface area contributed by atoms with Crippen LogP contribution in [0.2, 0.25) is 0 Å². The summed E-state index contributed by atoms with van der Waals surface area (Å²) in [6.45, 7) is 4.40. The highest BCUT2D eigenvalue weighted by Crippen LogP contribution is 2.39. The number of methoxy groups -OCH3 is 1. The number of ether oxygens (including phenoxy) is 1. The molecule has 1 atom stereocenters. The Kier molecular flexibility index (Phi) is 4.37. The molecule has 1 amide bonds. The van der Waals surface area contributed by atoms with Crippen molar-refractivity contribution in [1.82, 2.24) is 14.8 Å². The Morgan fingerprint density at radius 1 is 1.34 bits per heavy atom. The van der Waals surface area contributed by atoms with E-state index in [1.165, 1.54) is 17.0 Å². The van der Waals surface area contributed by atoms with Gasteiger partial charge in [-0.15, -0.1) is 0 Å². The number of dihydropyridines is 1. The molecule has 1 unspecified atom stereocenters. The molecule has 5 rings (SSSR count). The Hall–Kier alpha value is -2.76. The number of carbonyl (C=O) groups excluding carboxylic acids is 1. The molecule has 0 radical (unpaired) electrons. The topological polar surface area (TPSA) is 58.9 Å². The van der Waals surface area contributed by atoms with E-state index in [-0.39, 0.29) is 17.4 Å². The van der Waals surface area contributed by atoms with E-state index in [0.717, 1.165) is 56.9 Å². The maximum atomic E-state index is 13.2. The van der Waals surface area contributed by atoms with Gasteiger partial charge in [-0.3, -0.25) is 9.79 Å². The number of hydrogen-bond donors (Lipinski definition) is 1. The first-order chi connectivity index (χ1) is 14.1. The van der Waals surface area contributed by atoms with Crippen LogP contribution in [0.3, 0.4) is 0 Å². The summed E-state index contributed by atoms with van der Waals surface area (Å²) in [6.07, 6.45) is 11.9. The van der Waals surface area contributed by atoms with Gasteiger partial charge in [-0.1, -0.05) is 11.6 Å². The van der Waals surface area contributed by atoms with E-state index in [9.17, 15) is 4.79 Å². The molecule has 1 saturated heterocycles. The number of piperidine rings is 1. The van der Waals surface area contributed by atoms with Crippen LogP contribution < -0.4 is 5.32 Å². The van der Waals surface area contributed by atoms with Crippen molar-refractivity contribution in [2.45, 2.75) is 38.1 Å². The Labute approximate surface area is 171 Å². The predicted molar refractivity (Wildman–Crippen MR) is 113 cm³/mol. The van der Waals surface area contributed by atoms with E-state index < -0.39 is 0 Å². The third-order valence-corrected chi connectivity index (χ3v) is 6.61. The van der Waals surface area contributed by atoms with Gasteiger partial charge in [0.25, 0.3) is 0 Å². The Balaban J connectivity index is 1.35. The summed E-state index contributed by atoms with van der Waals surface area (Å²) in [5.41, 5.74) is 3.50. The number of aliphatic imine (C=N–C) groups is 1. The average molecular weight is 393 g/mol. The molecule has 4 aliphatic rings. The molecule has 1 aromatic rings. The lowest BCUT2D eigenvalue weighted by molar-refractivity contribution is -0.135. The number of aromatic nitrogens is 1. The molecule has 0 saturated carbocycles. The van der Waals surface area contributed by atoms with Crippen molar-refractivity contribution in [3.63, 3.8) is 0 Å². The molecule has 4 heterocycles. The summed E-state index contributed by atoms with van der Waals surface area (Å²) >= 11 is 0. The van der Waals surface area contributed by atoms with E-state index in [2.05, 4.69) is 41.2 Å². The lowest BCUT2D eigenvalue weighted by Crippen LogP contribution is -2.58. The summed E-state index contributed by atoms with van der Waals surface area (Å²) in [4.78, 5) is 20.0. The van der Waals surface area contributed by atoms with Crippen molar-refractivity contribution in [3.8, 4) is 0 Å². The molecule has 1 aromatic heterocycles. The van der Waals surface area contributed by atoms with Crippen LogP contribution in [0.5, 0.6) is 0 Å². The van der Waals surface area contributed by atoms with Crippen molar-refractivity contribution < 1.29 is 9.53 Å². The maximum Gasteiger partial charge on any atom is 0.229 e. The van der Waals surface area contributed by atoms with Crippen LogP contribution in [0.1, 0.15) is 38.3 Å². The molecule has 3 aliphatic heterocycles.